The summed E-state index contributed by atoms with van der Waals surface area (Å²) < 4.78 is 1.89. The van der Waals surface area contributed by atoms with Crippen LogP contribution in [0.2, 0.25) is 0 Å². The molecule has 1 aliphatic carbocycles. The molecule has 27 heavy (non-hydrogen) atoms. The number of thioether (sulfide) groups is 1. The zero-order valence-corrected chi connectivity index (χ0v) is 16.2. The molecule has 0 fully saturated rings. The Morgan fingerprint density at radius 1 is 1.26 bits per heavy atom. The van der Waals surface area contributed by atoms with Crippen LogP contribution in [0.5, 0.6) is 0 Å². The highest BCUT2D eigenvalue weighted by atomic mass is 32.2. The van der Waals surface area contributed by atoms with E-state index in [1.165, 1.54) is 11.8 Å². The fourth-order valence-corrected chi connectivity index (χ4v) is 4.27. The minimum atomic E-state index is -0.0954. The van der Waals surface area contributed by atoms with Gasteiger partial charge in [0.1, 0.15) is 0 Å². The first kappa shape index (κ1) is 17.8. The second kappa shape index (κ2) is 7.19. The number of amides is 1. The summed E-state index contributed by atoms with van der Waals surface area (Å²) >= 11 is 1.33. The largest absolute Gasteiger partial charge is 0.325 e. The number of H-pyrrole nitrogens is 1. The molecular weight excluding hydrogens is 362 g/mol. The summed E-state index contributed by atoms with van der Waals surface area (Å²) in [6.45, 7) is 4.00. The van der Waals surface area contributed by atoms with E-state index in [9.17, 15) is 9.59 Å². The van der Waals surface area contributed by atoms with Gasteiger partial charge in [-0.2, -0.15) is 0 Å². The minimum absolute atomic E-state index is 0.0752. The van der Waals surface area contributed by atoms with Gasteiger partial charge in [0.15, 0.2) is 5.16 Å². The van der Waals surface area contributed by atoms with Crippen molar-refractivity contribution in [3.8, 4) is 0 Å². The summed E-state index contributed by atoms with van der Waals surface area (Å²) in [5, 5.41) is 11.8. The fourth-order valence-electron chi connectivity index (χ4n) is 3.52. The van der Waals surface area contributed by atoms with Crippen LogP contribution in [0.15, 0.2) is 28.2 Å². The van der Waals surface area contributed by atoms with E-state index in [4.69, 9.17) is 0 Å². The van der Waals surface area contributed by atoms with Crippen LogP contribution >= 0.6 is 11.8 Å². The van der Waals surface area contributed by atoms with Gasteiger partial charge in [-0.3, -0.25) is 19.0 Å². The number of benzene rings is 1. The quantitative estimate of drug-likeness (QED) is 0.676. The summed E-state index contributed by atoms with van der Waals surface area (Å²) in [6.07, 6.45) is 3.66. The number of fused-ring (bicyclic) bond motifs is 3. The number of rotatable bonds is 4. The Hall–Kier alpha value is -2.61. The minimum Gasteiger partial charge on any atom is -0.325 e. The lowest BCUT2D eigenvalue weighted by Gasteiger charge is -2.16. The van der Waals surface area contributed by atoms with Crippen LogP contribution in [0.3, 0.4) is 0 Å². The van der Waals surface area contributed by atoms with Crippen LogP contribution in [0, 0.1) is 13.8 Å². The van der Waals surface area contributed by atoms with Crippen molar-refractivity contribution in [3.63, 3.8) is 0 Å². The monoisotopic (exact) mass is 383 g/mol. The van der Waals surface area contributed by atoms with E-state index in [0.717, 1.165) is 53.8 Å². The van der Waals surface area contributed by atoms with Crippen molar-refractivity contribution in [3.05, 3.63) is 50.9 Å². The molecule has 0 atom stereocenters. The van der Waals surface area contributed by atoms with Gasteiger partial charge < -0.3 is 5.32 Å². The summed E-state index contributed by atoms with van der Waals surface area (Å²) in [4.78, 5) is 27.4. The maximum Gasteiger partial charge on any atom is 0.255 e. The van der Waals surface area contributed by atoms with Gasteiger partial charge >= 0.3 is 0 Å². The Morgan fingerprint density at radius 2 is 2.07 bits per heavy atom. The number of nitrogens with zero attached hydrogens (tertiary/aromatic N) is 3. The van der Waals surface area contributed by atoms with Crippen LogP contribution in [0.4, 0.5) is 5.69 Å². The summed E-state index contributed by atoms with van der Waals surface area (Å²) in [5.41, 5.74) is 4.73. The first-order chi connectivity index (χ1) is 13.0. The number of carbonyl (C=O) groups excluding carboxylic acids is 1. The normalized spacial score (nSPS) is 13.6. The molecule has 0 radical (unpaired) electrons. The van der Waals surface area contributed by atoms with Gasteiger partial charge in [0.25, 0.3) is 5.56 Å². The number of aryl methyl sites for hydroxylation is 3. The molecule has 0 bridgehead atoms. The summed E-state index contributed by atoms with van der Waals surface area (Å²) in [5.74, 6) is 0.571. The number of hydrogen-bond acceptors (Lipinski definition) is 5. The average molecular weight is 383 g/mol. The van der Waals surface area contributed by atoms with Crippen molar-refractivity contribution < 1.29 is 4.79 Å². The molecule has 2 heterocycles. The van der Waals surface area contributed by atoms with Crippen molar-refractivity contribution in [2.75, 3.05) is 11.1 Å². The third-order valence-electron chi connectivity index (χ3n) is 4.83. The van der Waals surface area contributed by atoms with Crippen molar-refractivity contribution in [1.82, 2.24) is 19.6 Å². The third kappa shape index (κ3) is 3.49. The Labute approximate surface area is 160 Å². The van der Waals surface area contributed by atoms with Gasteiger partial charge in [-0.05, 0) is 51.2 Å². The number of aromatic amines is 1. The van der Waals surface area contributed by atoms with Crippen LogP contribution in [0.25, 0.3) is 5.78 Å². The van der Waals surface area contributed by atoms with Crippen molar-refractivity contribution >= 4 is 29.1 Å². The molecule has 140 valence electrons. The Kier molecular flexibility index (Phi) is 4.73. The molecule has 2 aromatic heterocycles. The lowest BCUT2D eigenvalue weighted by atomic mass is 9.97. The van der Waals surface area contributed by atoms with E-state index in [1.807, 2.05) is 36.4 Å². The number of nitrogens with one attached hydrogen (secondary N) is 2. The molecular formula is C19H21N5O2S. The van der Waals surface area contributed by atoms with Crippen LogP contribution in [-0.2, 0) is 17.6 Å². The van der Waals surface area contributed by atoms with Crippen LogP contribution in [-0.4, -0.2) is 31.2 Å². The highest BCUT2D eigenvalue weighted by molar-refractivity contribution is 7.99. The molecule has 0 aliphatic heterocycles. The third-order valence-corrected chi connectivity index (χ3v) is 5.76. The molecule has 1 amide bonds. The predicted octanol–water partition coefficient (Wildman–Crippen LogP) is 2.64. The molecule has 2 N–H and O–H groups in total. The maximum atomic E-state index is 12.4. The molecule has 3 aromatic rings. The predicted molar refractivity (Wildman–Crippen MR) is 106 cm³/mol. The Bertz CT molecular complexity index is 1090. The lowest BCUT2D eigenvalue weighted by Crippen LogP contribution is -2.23. The van der Waals surface area contributed by atoms with Crippen molar-refractivity contribution in [2.45, 2.75) is 44.7 Å². The second-order valence-corrected chi connectivity index (χ2v) is 7.83. The maximum absolute atomic E-state index is 12.4. The van der Waals surface area contributed by atoms with E-state index >= 15 is 0 Å². The molecule has 7 nitrogen and oxygen atoms in total. The van der Waals surface area contributed by atoms with Crippen LogP contribution < -0.4 is 10.9 Å². The molecule has 0 saturated heterocycles. The van der Waals surface area contributed by atoms with E-state index in [0.29, 0.717) is 10.9 Å². The number of anilines is 1. The first-order valence-corrected chi connectivity index (χ1v) is 10.0. The van der Waals surface area contributed by atoms with E-state index in [1.54, 1.807) is 0 Å². The number of carbonyl (C=O) groups is 1. The Morgan fingerprint density at radius 3 is 2.89 bits per heavy atom. The second-order valence-electron chi connectivity index (χ2n) is 6.88. The summed E-state index contributed by atoms with van der Waals surface area (Å²) in [7, 11) is 0. The van der Waals surface area contributed by atoms with Crippen molar-refractivity contribution in [2.24, 2.45) is 0 Å². The van der Waals surface area contributed by atoms with Gasteiger partial charge in [-0.25, -0.2) is 0 Å². The van der Waals surface area contributed by atoms with Gasteiger partial charge in [0.05, 0.1) is 5.75 Å². The highest BCUT2D eigenvalue weighted by Gasteiger charge is 2.20. The smallest absolute Gasteiger partial charge is 0.255 e. The average Bonchev–Trinajstić information content (AvgIpc) is 3.05. The highest BCUT2D eigenvalue weighted by Crippen LogP contribution is 2.24. The molecule has 8 heteroatoms. The van der Waals surface area contributed by atoms with Gasteiger partial charge in [0.2, 0.25) is 11.7 Å². The molecule has 0 unspecified atom stereocenters. The van der Waals surface area contributed by atoms with Gasteiger partial charge in [-0.15, -0.1) is 10.2 Å². The van der Waals surface area contributed by atoms with E-state index in [2.05, 4.69) is 20.5 Å². The zero-order chi connectivity index (χ0) is 19.0. The molecule has 4 rings (SSSR count). The molecule has 0 saturated carbocycles. The number of hydrogen-bond donors (Lipinski definition) is 2. The van der Waals surface area contributed by atoms with Gasteiger partial charge in [0, 0.05) is 16.9 Å². The Balaban J connectivity index is 1.54. The molecule has 1 aliphatic rings. The standard InChI is InChI=1S/C19H21N5O2S/c1-11-7-8-14(12(2)9-11)20-16(25)10-27-19-23-22-18-21-17(26)13-5-3-4-6-15(13)24(18)19/h7-9H,3-6,10H2,1-2H3,(H,20,25)(H,21,22,26). The zero-order valence-electron chi connectivity index (χ0n) is 15.3. The summed E-state index contributed by atoms with van der Waals surface area (Å²) in [6, 6.07) is 5.93. The first-order valence-electron chi connectivity index (χ1n) is 9.02. The van der Waals surface area contributed by atoms with Crippen molar-refractivity contribution in [1.29, 1.82) is 0 Å². The van der Waals surface area contributed by atoms with E-state index < -0.39 is 0 Å². The molecule has 1 aromatic carbocycles. The molecule has 0 spiro atoms. The fraction of sp³-hybridized carbons (Fsp3) is 0.368. The topological polar surface area (TPSA) is 92.2 Å². The SMILES string of the molecule is Cc1ccc(NC(=O)CSc2nnc3[nH]c(=O)c4c(n23)CCCC4)c(C)c1. The van der Waals surface area contributed by atoms with Crippen LogP contribution in [0.1, 0.15) is 35.2 Å². The van der Waals surface area contributed by atoms with E-state index in [-0.39, 0.29) is 17.2 Å². The van der Waals surface area contributed by atoms with Gasteiger partial charge in [-0.1, -0.05) is 29.5 Å². The lowest BCUT2D eigenvalue weighted by molar-refractivity contribution is -0.113. The number of aromatic nitrogens is 4.